The number of hydroxylamine groups is 2. The summed E-state index contributed by atoms with van der Waals surface area (Å²) in [4.78, 5) is 24.2. The Morgan fingerprint density at radius 1 is 1.57 bits per heavy atom. The number of rotatable bonds is 2. The maximum atomic E-state index is 11.4. The summed E-state index contributed by atoms with van der Waals surface area (Å²) in [5.74, 6) is -0.411. The molecule has 1 aromatic rings. The first kappa shape index (κ1) is 8.68. The summed E-state index contributed by atoms with van der Waals surface area (Å²) in [7, 11) is 0. The SMILES string of the molecule is O=C(ON1C=NCC1)c1cccnc1. The molecular formula is C9H9N3O2. The zero-order chi connectivity index (χ0) is 9.80. The van der Waals surface area contributed by atoms with Crippen LogP contribution in [0, 0.1) is 0 Å². The molecule has 1 aliphatic heterocycles. The van der Waals surface area contributed by atoms with Gasteiger partial charge >= 0.3 is 5.97 Å². The minimum atomic E-state index is -0.411. The van der Waals surface area contributed by atoms with Crippen LogP contribution in [0.5, 0.6) is 0 Å². The van der Waals surface area contributed by atoms with Crippen LogP contribution in [-0.4, -0.2) is 35.4 Å². The van der Waals surface area contributed by atoms with Crippen LogP contribution in [0.3, 0.4) is 0 Å². The molecule has 0 aromatic carbocycles. The van der Waals surface area contributed by atoms with Gasteiger partial charge in [-0.1, -0.05) is 0 Å². The van der Waals surface area contributed by atoms with Crippen molar-refractivity contribution in [3.05, 3.63) is 30.1 Å². The Bertz CT molecular complexity index is 350. The van der Waals surface area contributed by atoms with Gasteiger partial charge in [0.15, 0.2) is 0 Å². The van der Waals surface area contributed by atoms with Crippen LogP contribution in [0.1, 0.15) is 10.4 Å². The number of carbonyl (C=O) groups excluding carboxylic acids is 1. The Hall–Kier alpha value is -1.91. The van der Waals surface area contributed by atoms with E-state index in [9.17, 15) is 4.79 Å². The first-order valence-corrected chi connectivity index (χ1v) is 4.25. The summed E-state index contributed by atoms with van der Waals surface area (Å²) < 4.78 is 0. The van der Waals surface area contributed by atoms with E-state index in [1.165, 1.54) is 17.6 Å². The number of hydrogen-bond acceptors (Lipinski definition) is 5. The van der Waals surface area contributed by atoms with Crippen molar-refractivity contribution in [2.24, 2.45) is 4.99 Å². The molecule has 5 heteroatoms. The van der Waals surface area contributed by atoms with E-state index in [1.807, 2.05) is 0 Å². The zero-order valence-electron chi connectivity index (χ0n) is 7.46. The van der Waals surface area contributed by atoms with Gasteiger partial charge in [-0.3, -0.25) is 9.98 Å². The number of carbonyl (C=O) groups is 1. The lowest BCUT2D eigenvalue weighted by molar-refractivity contribution is -0.0454. The van der Waals surface area contributed by atoms with Gasteiger partial charge in [-0.05, 0) is 12.1 Å². The standard InChI is InChI=1S/C9H9N3O2/c13-9(8-2-1-3-10-6-8)14-12-5-4-11-7-12/h1-3,6-7H,4-5H2. The highest BCUT2D eigenvalue weighted by Gasteiger charge is 2.13. The van der Waals surface area contributed by atoms with Gasteiger partial charge in [-0.2, -0.15) is 5.06 Å². The third-order valence-corrected chi connectivity index (χ3v) is 1.76. The number of pyridine rings is 1. The minimum absolute atomic E-state index is 0.411. The summed E-state index contributed by atoms with van der Waals surface area (Å²) in [5.41, 5.74) is 0.438. The van der Waals surface area contributed by atoms with Gasteiger partial charge in [-0.25, -0.2) is 4.79 Å². The molecule has 0 amide bonds. The lowest BCUT2D eigenvalue weighted by atomic mass is 10.3. The van der Waals surface area contributed by atoms with Crippen LogP contribution in [0.25, 0.3) is 0 Å². The lowest BCUT2D eigenvalue weighted by Gasteiger charge is -2.12. The van der Waals surface area contributed by atoms with E-state index in [-0.39, 0.29) is 0 Å². The number of aromatic nitrogens is 1. The predicted octanol–water partition coefficient (Wildman–Crippen LogP) is 0.497. The highest BCUT2D eigenvalue weighted by molar-refractivity contribution is 5.89. The second-order valence-corrected chi connectivity index (χ2v) is 2.78. The van der Waals surface area contributed by atoms with Gasteiger partial charge in [0.2, 0.25) is 0 Å². The molecule has 5 nitrogen and oxygen atoms in total. The van der Waals surface area contributed by atoms with Crippen molar-refractivity contribution in [2.45, 2.75) is 0 Å². The van der Waals surface area contributed by atoms with Crippen LogP contribution in [0.4, 0.5) is 0 Å². The highest BCUT2D eigenvalue weighted by atomic mass is 16.7. The molecule has 0 saturated heterocycles. The number of nitrogens with zero attached hydrogens (tertiary/aromatic N) is 3. The maximum Gasteiger partial charge on any atom is 0.364 e. The van der Waals surface area contributed by atoms with E-state index < -0.39 is 5.97 Å². The normalized spacial score (nSPS) is 14.4. The molecule has 1 aliphatic rings. The topological polar surface area (TPSA) is 54.8 Å². The Morgan fingerprint density at radius 2 is 2.50 bits per heavy atom. The average molecular weight is 191 g/mol. The lowest BCUT2D eigenvalue weighted by Crippen LogP contribution is -2.24. The van der Waals surface area contributed by atoms with E-state index in [1.54, 1.807) is 18.3 Å². The molecule has 2 heterocycles. The van der Waals surface area contributed by atoms with E-state index in [2.05, 4.69) is 9.98 Å². The summed E-state index contributed by atoms with van der Waals surface area (Å²) in [6, 6.07) is 3.34. The monoisotopic (exact) mass is 191 g/mol. The molecule has 1 aromatic heterocycles. The quantitative estimate of drug-likeness (QED) is 0.683. The first-order valence-electron chi connectivity index (χ1n) is 4.25. The van der Waals surface area contributed by atoms with Crippen LogP contribution >= 0.6 is 0 Å². The zero-order valence-corrected chi connectivity index (χ0v) is 7.46. The van der Waals surface area contributed by atoms with Crippen LogP contribution in [0.15, 0.2) is 29.5 Å². The van der Waals surface area contributed by atoms with Gasteiger partial charge in [0.05, 0.1) is 18.7 Å². The Morgan fingerprint density at radius 3 is 3.14 bits per heavy atom. The molecule has 0 atom stereocenters. The molecule has 0 aliphatic carbocycles. The molecule has 0 radical (unpaired) electrons. The number of aliphatic imine (C=N–C) groups is 1. The highest BCUT2D eigenvalue weighted by Crippen LogP contribution is 2.02. The molecule has 0 fully saturated rings. The molecule has 0 bridgehead atoms. The largest absolute Gasteiger partial charge is 0.364 e. The Labute approximate surface area is 81.0 Å². The van der Waals surface area contributed by atoms with Crippen molar-refractivity contribution in [1.82, 2.24) is 10.0 Å². The van der Waals surface area contributed by atoms with Gasteiger partial charge in [0.25, 0.3) is 0 Å². The molecular weight excluding hydrogens is 182 g/mol. The Balaban J connectivity index is 1.99. The van der Waals surface area contributed by atoms with E-state index >= 15 is 0 Å². The summed E-state index contributed by atoms with van der Waals surface area (Å²) in [6.07, 6.45) is 4.58. The fourth-order valence-electron chi connectivity index (χ4n) is 1.07. The first-order chi connectivity index (χ1) is 6.86. The van der Waals surface area contributed by atoms with Crippen LogP contribution in [0.2, 0.25) is 0 Å². The molecule has 0 spiro atoms. The van der Waals surface area contributed by atoms with E-state index in [0.717, 1.165) is 0 Å². The van der Waals surface area contributed by atoms with E-state index in [4.69, 9.17) is 4.84 Å². The van der Waals surface area contributed by atoms with Crippen molar-refractivity contribution in [3.8, 4) is 0 Å². The molecule has 2 rings (SSSR count). The third kappa shape index (κ3) is 1.87. The van der Waals surface area contributed by atoms with Crippen molar-refractivity contribution < 1.29 is 9.63 Å². The number of hydrogen-bond donors (Lipinski definition) is 0. The van der Waals surface area contributed by atoms with Crippen molar-refractivity contribution in [3.63, 3.8) is 0 Å². The Kier molecular flexibility index (Phi) is 2.40. The van der Waals surface area contributed by atoms with Crippen LogP contribution < -0.4 is 0 Å². The second-order valence-electron chi connectivity index (χ2n) is 2.78. The van der Waals surface area contributed by atoms with E-state index in [0.29, 0.717) is 18.7 Å². The molecule has 0 unspecified atom stereocenters. The second kappa shape index (κ2) is 3.87. The minimum Gasteiger partial charge on any atom is -0.334 e. The maximum absolute atomic E-state index is 11.4. The molecule has 72 valence electrons. The summed E-state index contributed by atoms with van der Waals surface area (Å²) in [6.45, 7) is 1.28. The van der Waals surface area contributed by atoms with Crippen molar-refractivity contribution in [2.75, 3.05) is 13.1 Å². The fourth-order valence-corrected chi connectivity index (χ4v) is 1.07. The molecule has 0 N–H and O–H groups in total. The molecule has 0 saturated carbocycles. The van der Waals surface area contributed by atoms with Gasteiger partial charge < -0.3 is 4.84 Å². The third-order valence-electron chi connectivity index (χ3n) is 1.76. The van der Waals surface area contributed by atoms with Gasteiger partial charge in [-0.15, -0.1) is 0 Å². The van der Waals surface area contributed by atoms with Crippen molar-refractivity contribution in [1.29, 1.82) is 0 Å². The predicted molar refractivity (Wildman–Crippen MR) is 49.7 cm³/mol. The summed E-state index contributed by atoms with van der Waals surface area (Å²) >= 11 is 0. The average Bonchev–Trinajstić information content (AvgIpc) is 2.72. The van der Waals surface area contributed by atoms with Gasteiger partial charge in [0, 0.05) is 12.4 Å². The van der Waals surface area contributed by atoms with Gasteiger partial charge in [0.1, 0.15) is 6.34 Å². The smallest absolute Gasteiger partial charge is 0.334 e. The fraction of sp³-hybridized carbons (Fsp3) is 0.222. The van der Waals surface area contributed by atoms with Crippen LogP contribution in [-0.2, 0) is 4.84 Å². The molecule has 14 heavy (non-hydrogen) atoms. The van der Waals surface area contributed by atoms with Crippen molar-refractivity contribution >= 4 is 12.3 Å². The summed E-state index contributed by atoms with van der Waals surface area (Å²) in [5, 5.41) is 1.41.